The third-order valence-corrected chi connectivity index (χ3v) is 6.98. The summed E-state index contributed by atoms with van der Waals surface area (Å²) in [7, 11) is -3.43. The maximum absolute atomic E-state index is 13.2. The molecule has 0 fully saturated rings. The lowest BCUT2D eigenvalue weighted by Gasteiger charge is -2.08. The zero-order valence-corrected chi connectivity index (χ0v) is 19.3. The highest BCUT2D eigenvalue weighted by Gasteiger charge is 2.25. The molecule has 8 heteroatoms. The van der Waals surface area contributed by atoms with Crippen LogP contribution in [-0.4, -0.2) is 30.7 Å². The number of fused-ring (bicyclic) bond motifs is 1. The van der Waals surface area contributed by atoms with Crippen molar-refractivity contribution in [2.24, 2.45) is 0 Å². The molecule has 1 aliphatic rings. The van der Waals surface area contributed by atoms with Crippen LogP contribution in [0, 0.1) is 0 Å². The number of rotatable bonds is 8. The standard InChI is InChI=1S/C25H28N4O3S/c1-2-17-26-33(31,32)18-19-13-15-20(16-14-19)27-25(30)24-22-11-7-4-8-12-23(22)29(28-24)21-9-5-3-6-10-21/h2-3,5-6,9-10,13-16,26H,1,4,7-8,11-12,17-18H2,(H,27,30). The quantitative estimate of drug-likeness (QED) is 0.389. The fraction of sp³-hybridized carbons (Fsp3) is 0.280. The van der Waals surface area contributed by atoms with Crippen molar-refractivity contribution in [3.05, 3.63) is 89.8 Å². The van der Waals surface area contributed by atoms with Crippen molar-refractivity contribution in [3.63, 3.8) is 0 Å². The van der Waals surface area contributed by atoms with E-state index in [9.17, 15) is 13.2 Å². The Morgan fingerprint density at radius 1 is 1.03 bits per heavy atom. The number of para-hydroxylation sites is 1. The summed E-state index contributed by atoms with van der Waals surface area (Å²) in [6.45, 7) is 3.70. The first-order valence-electron chi connectivity index (χ1n) is 11.1. The number of sulfonamides is 1. The van der Waals surface area contributed by atoms with Crippen molar-refractivity contribution >= 4 is 21.6 Å². The SMILES string of the molecule is C=CCNS(=O)(=O)Cc1ccc(NC(=O)c2nn(-c3ccccc3)c3c2CCCCC3)cc1. The summed E-state index contributed by atoms with van der Waals surface area (Å²) in [5, 5.41) is 7.63. The van der Waals surface area contributed by atoms with Gasteiger partial charge in [0.05, 0.1) is 11.4 Å². The zero-order chi connectivity index (χ0) is 23.3. The molecule has 1 heterocycles. The lowest BCUT2D eigenvalue weighted by Crippen LogP contribution is -2.25. The van der Waals surface area contributed by atoms with Crippen LogP contribution < -0.4 is 10.0 Å². The number of hydrogen-bond acceptors (Lipinski definition) is 4. The summed E-state index contributed by atoms with van der Waals surface area (Å²) < 4.78 is 28.5. The van der Waals surface area contributed by atoms with Gasteiger partial charge in [-0.05, 0) is 55.5 Å². The maximum Gasteiger partial charge on any atom is 0.276 e. The number of carbonyl (C=O) groups is 1. The number of nitrogens with one attached hydrogen (secondary N) is 2. The van der Waals surface area contributed by atoms with Gasteiger partial charge in [0, 0.05) is 23.5 Å². The first-order chi connectivity index (χ1) is 16.0. The highest BCUT2D eigenvalue weighted by molar-refractivity contribution is 7.88. The molecule has 1 aliphatic carbocycles. The second kappa shape index (κ2) is 10.1. The molecule has 33 heavy (non-hydrogen) atoms. The fourth-order valence-electron chi connectivity index (χ4n) is 4.07. The van der Waals surface area contributed by atoms with E-state index in [2.05, 4.69) is 16.6 Å². The molecule has 2 N–H and O–H groups in total. The third kappa shape index (κ3) is 5.58. The molecule has 0 unspecified atom stereocenters. The zero-order valence-electron chi connectivity index (χ0n) is 18.5. The summed E-state index contributed by atoms with van der Waals surface area (Å²) in [4.78, 5) is 13.2. The van der Waals surface area contributed by atoms with Gasteiger partial charge in [0.15, 0.2) is 5.69 Å². The number of hydrogen-bond donors (Lipinski definition) is 2. The number of amides is 1. The number of benzene rings is 2. The fourth-order valence-corrected chi connectivity index (χ4v) is 5.18. The molecular formula is C25H28N4O3S. The minimum atomic E-state index is -3.43. The number of aromatic nitrogens is 2. The average Bonchev–Trinajstić information content (AvgIpc) is 3.00. The van der Waals surface area contributed by atoms with Gasteiger partial charge in [-0.25, -0.2) is 17.8 Å². The third-order valence-electron chi connectivity index (χ3n) is 5.66. The van der Waals surface area contributed by atoms with E-state index in [0.29, 0.717) is 16.9 Å². The molecule has 0 aliphatic heterocycles. The molecule has 172 valence electrons. The van der Waals surface area contributed by atoms with E-state index >= 15 is 0 Å². The summed E-state index contributed by atoms with van der Waals surface area (Å²) in [6, 6.07) is 16.7. The van der Waals surface area contributed by atoms with E-state index in [4.69, 9.17) is 5.10 Å². The van der Waals surface area contributed by atoms with E-state index < -0.39 is 10.0 Å². The van der Waals surface area contributed by atoms with Crippen molar-refractivity contribution in [2.45, 2.75) is 37.9 Å². The molecule has 7 nitrogen and oxygen atoms in total. The Bertz CT molecular complexity index is 1230. The van der Waals surface area contributed by atoms with Gasteiger partial charge >= 0.3 is 0 Å². The molecule has 0 spiro atoms. The van der Waals surface area contributed by atoms with Gasteiger partial charge in [0.1, 0.15) is 0 Å². The first-order valence-corrected chi connectivity index (χ1v) is 12.8. The Morgan fingerprint density at radius 2 is 1.76 bits per heavy atom. The van der Waals surface area contributed by atoms with Crippen molar-refractivity contribution in [2.75, 3.05) is 11.9 Å². The van der Waals surface area contributed by atoms with Gasteiger partial charge in [0.25, 0.3) is 5.91 Å². The van der Waals surface area contributed by atoms with E-state index in [1.807, 2.05) is 35.0 Å². The Labute approximate surface area is 194 Å². The second-order valence-corrected chi connectivity index (χ2v) is 9.94. The smallest absolute Gasteiger partial charge is 0.276 e. The van der Waals surface area contributed by atoms with Gasteiger partial charge in [-0.2, -0.15) is 5.10 Å². The molecule has 4 rings (SSSR count). The predicted octanol–water partition coefficient (Wildman–Crippen LogP) is 4.00. The average molecular weight is 465 g/mol. The normalized spacial score (nSPS) is 13.7. The van der Waals surface area contributed by atoms with Crippen molar-refractivity contribution in [3.8, 4) is 5.69 Å². The molecule has 0 saturated heterocycles. The van der Waals surface area contributed by atoms with Crippen LogP contribution in [0.2, 0.25) is 0 Å². The maximum atomic E-state index is 13.2. The highest BCUT2D eigenvalue weighted by atomic mass is 32.2. The van der Waals surface area contributed by atoms with Crippen LogP contribution in [0.3, 0.4) is 0 Å². The molecule has 1 aromatic heterocycles. The molecule has 3 aromatic rings. The Hall–Kier alpha value is -3.23. The lowest BCUT2D eigenvalue weighted by molar-refractivity contribution is 0.102. The van der Waals surface area contributed by atoms with Crippen LogP contribution in [0.1, 0.15) is 46.6 Å². The van der Waals surface area contributed by atoms with Crippen LogP contribution in [0.25, 0.3) is 5.69 Å². The Kier molecular flexibility index (Phi) is 7.05. The summed E-state index contributed by atoms with van der Waals surface area (Å²) in [5.41, 5.74) is 4.76. The molecule has 0 saturated carbocycles. The highest BCUT2D eigenvalue weighted by Crippen LogP contribution is 2.27. The van der Waals surface area contributed by atoms with E-state index in [1.54, 1.807) is 24.3 Å². The van der Waals surface area contributed by atoms with E-state index in [-0.39, 0.29) is 18.2 Å². The Morgan fingerprint density at radius 3 is 2.48 bits per heavy atom. The van der Waals surface area contributed by atoms with Crippen LogP contribution in [-0.2, 0) is 28.6 Å². The van der Waals surface area contributed by atoms with E-state index in [1.165, 1.54) is 6.08 Å². The molecular weight excluding hydrogens is 436 g/mol. The van der Waals surface area contributed by atoms with Crippen molar-refractivity contribution in [1.29, 1.82) is 0 Å². The van der Waals surface area contributed by atoms with Crippen molar-refractivity contribution in [1.82, 2.24) is 14.5 Å². The summed E-state index contributed by atoms with van der Waals surface area (Å²) in [6.07, 6.45) is 6.48. The summed E-state index contributed by atoms with van der Waals surface area (Å²) >= 11 is 0. The number of nitrogens with zero attached hydrogens (tertiary/aromatic N) is 2. The van der Waals surface area contributed by atoms with Crippen LogP contribution >= 0.6 is 0 Å². The second-order valence-electron chi connectivity index (χ2n) is 8.13. The molecule has 0 atom stereocenters. The predicted molar refractivity (Wildman–Crippen MR) is 130 cm³/mol. The van der Waals surface area contributed by atoms with Crippen LogP contribution in [0.5, 0.6) is 0 Å². The number of anilines is 1. The number of carbonyl (C=O) groups excluding carboxylic acids is 1. The monoisotopic (exact) mass is 464 g/mol. The lowest BCUT2D eigenvalue weighted by atomic mass is 10.1. The minimum absolute atomic E-state index is 0.135. The topological polar surface area (TPSA) is 93.1 Å². The molecule has 0 radical (unpaired) electrons. The summed E-state index contributed by atoms with van der Waals surface area (Å²) in [5.74, 6) is -0.389. The minimum Gasteiger partial charge on any atom is -0.321 e. The Balaban J connectivity index is 1.54. The van der Waals surface area contributed by atoms with Gasteiger partial charge < -0.3 is 5.32 Å². The molecule has 1 amide bonds. The molecule has 0 bridgehead atoms. The molecule has 2 aromatic carbocycles. The van der Waals surface area contributed by atoms with Crippen molar-refractivity contribution < 1.29 is 13.2 Å². The van der Waals surface area contributed by atoms with Gasteiger partial charge in [-0.3, -0.25) is 4.79 Å². The van der Waals surface area contributed by atoms with Gasteiger partial charge in [0.2, 0.25) is 10.0 Å². The van der Waals surface area contributed by atoms with Crippen LogP contribution in [0.15, 0.2) is 67.3 Å². The first kappa shape index (κ1) is 22.9. The largest absolute Gasteiger partial charge is 0.321 e. The van der Waals surface area contributed by atoms with Crippen LogP contribution in [0.4, 0.5) is 5.69 Å². The van der Waals surface area contributed by atoms with Gasteiger partial charge in [-0.15, -0.1) is 6.58 Å². The van der Waals surface area contributed by atoms with Gasteiger partial charge in [-0.1, -0.05) is 42.8 Å². The van der Waals surface area contributed by atoms with E-state index in [0.717, 1.165) is 49.0 Å².